The van der Waals surface area contributed by atoms with E-state index in [1.807, 2.05) is 6.92 Å². The number of rotatable bonds is 21. The highest BCUT2D eigenvalue weighted by Gasteiger charge is 2.32. The molecule has 19 heteroatoms. The zero-order chi connectivity index (χ0) is 36.6. The molecule has 0 fully saturated rings. The van der Waals surface area contributed by atoms with E-state index in [1.165, 1.54) is 19.4 Å². The molecule has 48 heavy (non-hydrogen) atoms. The number of H-pyrrole nitrogens is 1. The molecule has 0 saturated heterocycles. The first kappa shape index (κ1) is 41.4. The second-order valence-electron chi connectivity index (χ2n) is 11.5. The molecular formula is C29H49N9O10. The number of imidazole rings is 1. The standard InChI is InChI=1S/C29H49N9O10/c1-6-14(3)22(30)27(45)36-19(12-39)26(44)35-18(8-17-9-31-13-34-17)25(43)33-10-20(41)32-11-21(42)37-23(15(4)7-2)28(46)38-24(16(5)40)29(47)48/h9,13-16,18-19,22-24,39-40H,6-8,10-12,30H2,1-5H3,(H,31,34)(H,32,41)(H,33,43)(H,35,44)(H,36,45)(H,37,42)(H,38,46)(H,47,48)/t14-,15-,16+,18-,19-,22-,23-,24-/m0/s1. The van der Waals surface area contributed by atoms with Crippen LogP contribution in [0.5, 0.6) is 0 Å². The van der Waals surface area contributed by atoms with Gasteiger partial charge in [-0.05, 0) is 18.8 Å². The van der Waals surface area contributed by atoms with Crippen molar-refractivity contribution in [2.75, 3.05) is 19.7 Å². The van der Waals surface area contributed by atoms with Crippen LogP contribution in [0.25, 0.3) is 0 Å². The van der Waals surface area contributed by atoms with Crippen LogP contribution in [-0.2, 0) is 40.0 Å². The molecule has 270 valence electrons. The topological polar surface area (TPSA) is 307 Å². The van der Waals surface area contributed by atoms with Crippen LogP contribution in [0, 0.1) is 11.8 Å². The Morgan fingerprint density at radius 1 is 0.792 bits per heavy atom. The van der Waals surface area contributed by atoms with Gasteiger partial charge in [0.25, 0.3) is 0 Å². The summed E-state index contributed by atoms with van der Waals surface area (Å²) in [6.45, 7) is 6.18. The lowest BCUT2D eigenvalue weighted by atomic mass is 9.97. The maximum absolute atomic E-state index is 13.0. The fraction of sp³-hybridized carbons (Fsp3) is 0.655. The summed E-state index contributed by atoms with van der Waals surface area (Å²) in [4.78, 5) is 94.2. The third-order valence-corrected chi connectivity index (χ3v) is 7.71. The monoisotopic (exact) mass is 683 g/mol. The minimum atomic E-state index is -1.60. The van der Waals surface area contributed by atoms with Gasteiger partial charge in [-0.3, -0.25) is 28.8 Å². The number of nitrogens with two attached hydrogens (primary N) is 1. The first-order valence-electron chi connectivity index (χ1n) is 15.5. The maximum Gasteiger partial charge on any atom is 0.328 e. The van der Waals surface area contributed by atoms with Gasteiger partial charge >= 0.3 is 5.97 Å². The molecule has 0 aliphatic heterocycles. The normalized spacial score (nSPS) is 16.0. The molecule has 0 radical (unpaired) electrons. The number of carboxylic acid groups (broad SMARTS) is 1. The van der Waals surface area contributed by atoms with Crippen LogP contribution in [0.1, 0.15) is 53.2 Å². The number of aromatic nitrogens is 2. The third kappa shape index (κ3) is 13.6. The number of hydrogen-bond donors (Lipinski definition) is 11. The van der Waals surface area contributed by atoms with Crippen LogP contribution in [0.3, 0.4) is 0 Å². The molecule has 6 amide bonds. The van der Waals surface area contributed by atoms with E-state index in [0.29, 0.717) is 18.5 Å². The highest BCUT2D eigenvalue weighted by molar-refractivity contribution is 5.95. The minimum Gasteiger partial charge on any atom is -0.480 e. The van der Waals surface area contributed by atoms with E-state index in [-0.39, 0.29) is 12.3 Å². The molecule has 0 bridgehead atoms. The molecule has 1 rings (SSSR count). The average Bonchev–Trinajstić information content (AvgIpc) is 3.57. The summed E-state index contributed by atoms with van der Waals surface area (Å²) in [6, 6.07) is -6.42. The van der Waals surface area contributed by atoms with Crippen molar-refractivity contribution < 1.29 is 48.9 Å². The molecule has 0 saturated carbocycles. The van der Waals surface area contributed by atoms with Gasteiger partial charge in [0.15, 0.2) is 6.04 Å². The van der Waals surface area contributed by atoms with Gasteiger partial charge in [0.2, 0.25) is 35.4 Å². The van der Waals surface area contributed by atoms with Crippen LogP contribution in [0.15, 0.2) is 12.5 Å². The van der Waals surface area contributed by atoms with E-state index < -0.39 is 103 Å². The fourth-order valence-electron chi connectivity index (χ4n) is 4.16. The summed E-state index contributed by atoms with van der Waals surface area (Å²) in [5.74, 6) is -6.87. The van der Waals surface area contributed by atoms with E-state index >= 15 is 0 Å². The number of amides is 6. The van der Waals surface area contributed by atoms with Crippen LogP contribution in [0.2, 0.25) is 0 Å². The predicted octanol–water partition coefficient (Wildman–Crippen LogP) is -4.00. The van der Waals surface area contributed by atoms with Crippen LogP contribution in [-0.4, -0.2) is 123 Å². The van der Waals surface area contributed by atoms with Gasteiger partial charge in [-0.15, -0.1) is 0 Å². The molecule has 1 aromatic heterocycles. The van der Waals surface area contributed by atoms with Crippen molar-refractivity contribution >= 4 is 41.4 Å². The van der Waals surface area contributed by atoms with Gasteiger partial charge in [-0.1, -0.05) is 40.5 Å². The zero-order valence-electron chi connectivity index (χ0n) is 27.7. The Morgan fingerprint density at radius 3 is 1.92 bits per heavy atom. The number of carbonyl (C=O) groups is 7. The largest absolute Gasteiger partial charge is 0.480 e. The Bertz CT molecular complexity index is 1240. The smallest absolute Gasteiger partial charge is 0.328 e. The second-order valence-corrected chi connectivity index (χ2v) is 11.5. The molecule has 0 aliphatic carbocycles. The molecule has 1 heterocycles. The third-order valence-electron chi connectivity index (χ3n) is 7.71. The Balaban J connectivity index is 2.82. The van der Waals surface area contributed by atoms with Gasteiger partial charge in [-0.2, -0.15) is 0 Å². The lowest BCUT2D eigenvalue weighted by Gasteiger charge is -2.26. The second kappa shape index (κ2) is 20.6. The van der Waals surface area contributed by atoms with E-state index in [0.717, 1.165) is 0 Å². The molecule has 0 aliphatic rings. The van der Waals surface area contributed by atoms with Crippen molar-refractivity contribution in [3.63, 3.8) is 0 Å². The molecule has 19 nitrogen and oxygen atoms in total. The Hall–Kier alpha value is -4.62. The summed E-state index contributed by atoms with van der Waals surface area (Å²) < 4.78 is 0. The van der Waals surface area contributed by atoms with E-state index in [2.05, 4.69) is 41.9 Å². The van der Waals surface area contributed by atoms with E-state index in [1.54, 1.807) is 20.8 Å². The summed E-state index contributed by atoms with van der Waals surface area (Å²) in [5.41, 5.74) is 6.36. The molecule has 8 atom stereocenters. The Labute approximate surface area is 278 Å². The lowest BCUT2D eigenvalue weighted by molar-refractivity contribution is -0.145. The number of aliphatic hydroxyl groups excluding tert-OH is 2. The van der Waals surface area contributed by atoms with Crippen molar-refractivity contribution in [1.82, 2.24) is 41.9 Å². The summed E-state index contributed by atoms with van der Waals surface area (Å²) in [6.07, 6.45) is 2.29. The first-order chi connectivity index (χ1) is 22.6. The zero-order valence-corrected chi connectivity index (χ0v) is 27.7. The fourth-order valence-corrected chi connectivity index (χ4v) is 4.16. The number of carboxylic acids is 1. The van der Waals surface area contributed by atoms with Crippen LogP contribution >= 0.6 is 0 Å². The van der Waals surface area contributed by atoms with Crippen molar-refractivity contribution in [1.29, 1.82) is 0 Å². The Morgan fingerprint density at radius 2 is 1.40 bits per heavy atom. The first-order valence-corrected chi connectivity index (χ1v) is 15.5. The number of aliphatic hydroxyl groups is 2. The number of nitrogens with one attached hydrogen (secondary N) is 7. The number of carbonyl (C=O) groups excluding carboxylic acids is 6. The Kier molecular flexibility index (Phi) is 17.8. The van der Waals surface area contributed by atoms with Crippen molar-refractivity contribution in [3.8, 4) is 0 Å². The molecule has 1 aromatic rings. The SMILES string of the molecule is CC[C@H](C)[C@H](N)C(=O)N[C@@H](CO)C(=O)N[C@@H](Cc1cnc[nH]1)C(=O)NCC(=O)NCC(=O)N[C@H](C(=O)N[C@H](C(=O)O)[C@@H](C)O)[C@@H](C)CC. The molecule has 0 unspecified atom stereocenters. The summed E-state index contributed by atoms with van der Waals surface area (Å²) >= 11 is 0. The average molecular weight is 684 g/mol. The van der Waals surface area contributed by atoms with Gasteiger partial charge in [0.05, 0.1) is 38.2 Å². The van der Waals surface area contributed by atoms with Crippen LogP contribution < -0.4 is 37.6 Å². The summed E-state index contributed by atoms with van der Waals surface area (Å²) in [7, 11) is 0. The lowest BCUT2D eigenvalue weighted by Crippen LogP contribution is -2.58. The number of hydrogen-bond acceptors (Lipinski definition) is 11. The van der Waals surface area contributed by atoms with E-state index in [9.17, 15) is 48.9 Å². The number of aromatic amines is 1. The van der Waals surface area contributed by atoms with E-state index in [4.69, 9.17) is 5.73 Å². The van der Waals surface area contributed by atoms with Crippen molar-refractivity contribution in [2.24, 2.45) is 17.6 Å². The van der Waals surface area contributed by atoms with Gasteiger partial charge < -0.3 is 57.9 Å². The van der Waals surface area contributed by atoms with Gasteiger partial charge in [-0.25, -0.2) is 9.78 Å². The quantitative estimate of drug-likeness (QED) is 0.0591. The highest BCUT2D eigenvalue weighted by Crippen LogP contribution is 2.09. The summed E-state index contributed by atoms with van der Waals surface area (Å²) in [5, 5.41) is 42.7. The van der Waals surface area contributed by atoms with Crippen molar-refractivity contribution in [2.45, 2.75) is 90.2 Å². The van der Waals surface area contributed by atoms with Crippen molar-refractivity contribution in [3.05, 3.63) is 18.2 Å². The predicted molar refractivity (Wildman–Crippen MR) is 169 cm³/mol. The maximum atomic E-state index is 13.0. The number of aliphatic carboxylic acids is 1. The van der Waals surface area contributed by atoms with Gasteiger partial charge in [0, 0.05) is 18.3 Å². The molecular weight excluding hydrogens is 634 g/mol. The highest BCUT2D eigenvalue weighted by atomic mass is 16.4. The minimum absolute atomic E-state index is 0.100. The van der Waals surface area contributed by atoms with Gasteiger partial charge in [0.1, 0.15) is 18.1 Å². The molecule has 0 spiro atoms. The van der Waals surface area contributed by atoms with Crippen LogP contribution in [0.4, 0.5) is 0 Å². The molecule has 12 N–H and O–H groups in total. The number of nitrogens with zero attached hydrogens (tertiary/aromatic N) is 1. The molecule has 0 aromatic carbocycles.